The first-order chi connectivity index (χ1) is 4.04. The Morgan fingerprint density at radius 1 is 1.25 bits per heavy atom. The zero-order valence-corrected chi connectivity index (χ0v) is 13.6. The second-order valence-electron chi connectivity index (χ2n) is 1.54. The summed E-state index contributed by atoms with van der Waals surface area (Å²) in [5.74, 6) is -2.50. The van der Waals surface area contributed by atoms with Crippen LogP contribution >= 0.6 is 0 Å². The Kier molecular flexibility index (Phi) is 25.4. The molecule has 58 valence electrons. The maximum absolute atomic E-state index is 9.85. The van der Waals surface area contributed by atoms with E-state index in [2.05, 4.69) is 0 Å². The molecule has 0 aliphatic rings. The van der Waals surface area contributed by atoms with Crippen LogP contribution in [-0.4, -0.2) is 28.2 Å². The SMILES string of the molecule is N[C@@H](CC(=O)O)C(=O)O.[H-].[H-].[H-].[Na+].[Na+].[Na+]. The third-order valence-electron chi connectivity index (χ3n) is 0.712. The molecule has 0 saturated heterocycles. The van der Waals surface area contributed by atoms with Gasteiger partial charge in [0, 0.05) is 0 Å². The Morgan fingerprint density at radius 2 is 1.58 bits per heavy atom. The number of carboxylic acids is 2. The van der Waals surface area contributed by atoms with Gasteiger partial charge < -0.3 is 20.2 Å². The van der Waals surface area contributed by atoms with Gasteiger partial charge in [0.25, 0.3) is 0 Å². The summed E-state index contributed by atoms with van der Waals surface area (Å²) < 4.78 is 0. The maximum atomic E-state index is 9.85. The van der Waals surface area contributed by atoms with E-state index < -0.39 is 24.4 Å². The summed E-state index contributed by atoms with van der Waals surface area (Å²) in [5.41, 5.74) is 4.84. The van der Waals surface area contributed by atoms with Gasteiger partial charge in [0.2, 0.25) is 0 Å². The van der Waals surface area contributed by atoms with Crippen LogP contribution in [0.3, 0.4) is 0 Å². The fourth-order valence-corrected chi connectivity index (χ4v) is 0.275. The summed E-state index contributed by atoms with van der Waals surface area (Å²) in [6.07, 6.45) is -0.532. The minimum atomic E-state index is -1.29. The van der Waals surface area contributed by atoms with E-state index in [1.807, 2.05) is 0 Å². The number of carboxylic acid groups (broad SMARTS) is 2. The molecule has 0 aliphatic carbocycles. The molecule has 0 saturated carbocycles. The van der Waals surface area contributed by atoms with Gasteiger partial charge in [-0.25, -0.2) is 0 Å². The number of rotatable bonds is 3. The molecule has 0 amide bonds. The number of nitrogens with two attached hydrogens (primary N) is 1. The number of hydrogen-bond acceptors (Lipinski definition) is 3. The Hall–Kier alpha value is 1.90. The van der Waals surface area contributed by atoms with Crippen LogP contribution < -0.4 is 94.4 Å². The van der Waals surface area contributed by atoms with Crippen molar-refractivity contribution in [3.63, 3.8) is 0 Å². The van der Waals surface area contributed by atoms with Gasteiger partial charge in [-0.05, 0) is 0 Å². The largest absolute Gasteiger partial charge is 1.00 e. The van der Waals surface area contributed by atoms with E-state index in [4.69, 9.17) is 15.9 Å². The molecule has 0 fully saturated rings. The van der Waals surface area contributed by atoms with Gasteiger partial charge in [-0.3, -0.25) is 9.59 Å². The first kappa shape index (κ1) is 23.6. The molecule has 12 heavy (non-hydrogen) atoms. The number of hydrogen-bond donors (Lipinski definition) is 3. The van der Waals surface area contributed by atoms with Gasteiger partial charge in [-0.15, -0.1) is 0 Å². The quantitative estimate of drug-likeness (QED) is 0.397. The first-order valence-electron chi connectivity index (χ1n) is 2.24. The molecule has 0 aliphatic heterocycles. The smallest absolute Gasteiger partial charge is 1.00 e. The molecule has 0 unspecified atom stereocenters. The van der Waals surface area contributed by atoms with Gasteiger partial charge in [-0.2, -0.15) is 0 Å². The van der Waals surface area contributed by atoms with E-state index in [1.165, 1.54) is 0 Å². The molecule has 8 heteroatoms. The van der Waals surface area contributed by atoms with E-state index in [9.17, 15) is 9.59 Å². The molecule has 1 atom stereocenters. The van der Waals surface area contributed by atoms with Crippen molar-refractivity contribution < 1.29 is 113 Å². The third-order valence-corrected chi connectivity index (χ3v) is 0.712. The minimum absolute atomic E-state index is 0. The van der Waals surface area contributed by atoms with E-state index in [0.29, 0.717) is 0 Å². The predicted octanol–water partition coefficient (Wildman–Crippen LogP) is -9.78. The molecule has 4 N–H and O–H groups in total. The predicted molar refractivity (Wildman–Crippen MR) is 31.2 cm³/mol. The van der Waals surface area contributed by atoms with Crippen LogP contribution in [0.4, 0.5) is 0 Å². The van der Waals surface area contributed by atoms with Crippen LogP contribution in [0.25, 0.3) is 0 Å². The Labute approximate surface area is 141 Å². The second-order valence-corrected chi connectivity index (χ2v) is 1.54. The molecule has 0 aromatic heterocycles. The summed E-state index contributed by atoms with van der Waals surface area (Å²) in [6, 6.07) is -1.29. The Morgan fingerprint density at radius 3 is 1.67 bits per heavy atom. The van der Waals surface area contributed by atoms with Crippen LogP contribution in [0.15, 0.2) is 0 Å². The van der Waals surface area contributed by atoms with Crippen LogP contribution in [0.2, 0.25) is 0 Å². The van der Waals surface area contributed by atoms with Crippen molar-refractivity contribution in [2.45, 2.75) is 12.5 Å². The molecule has 0 bridgehead atoms. The van der Waals surface area contributed by atoms with Crippen molar-refractivity contribution in [3.8, 4) is 0 Å². The molecule has 0 rings (SSSR count). The van der Waals surface area contributed by atoms with Gasteiger partial charge in [0.05, 0.1) is 6.42 Å². The molecular weight excluding hydrogens is 195 g/mol. The van der Waals surface area contributed by atoms with Crippen LogP contribution in [0, 0.1) is 0 Å². The van der Waals surface area contributed by atoms with E-state index in [0.717, 1.165) is 0 Å². The van der Waals surface area contributed by atoms with Gasteiger partial charge >= 0.3 is 101 Å². The Balaban J connectivity index is -0.0000000213. The summed E-state index contributed by atoms with van der Waals surface area (Å²) in [4.78, 5) is 19.6. The standard InChI is InChI=1S/C4H7NO4.3Na.3H/c5-2(4(8)9)1-3(6)7;;;;;;/h2H,1,5H2,(H,6,7)(H,8,9);;;;;;/q;3*+1;3*-1/t2-;;;;;;/m0....../s1. The van der Waals surface area contributed by atoms with Crippen molar-refractivity contribution in [1.29, 1.82) is 0 Å². The van der Waals surface area contributed by atoms with Gasteiger partial charge in [0.1, 0.15) is 6.04 Å². The summed E-state index contributed by atoms with van der Waals surface area (Å²) in [7, 11) is 0. The van der Waals surface area contributed by atoms with Crippen molar-refractivity contribution >= 4 is 11.9 Å². The van der Waals surface area contributed by atoms with Crippen LogP contribution in [-0.2, 0) is 9.59 Å². The van der Waals surface area contributed by atoms with Crippen molar-refractivity contribution in [1.82, 2.24) is 0 Å². The maximum Gasteiger partial charge on any atom is 1.00 e. The summed E-state index contributed by atoms with van der Waals surface area (Å²) >= 11 is 0. The molecule has 0 aromatic rings. The fourth-order valence-electron chi connectivity index (χ4n) is 0.275. The minimum Gasteiger partial charge on any atom is -1.00 e. The van der Waals surface area contributed by atoms with Crippen LogP contribution in [0.1, 0.15) is 10.7 Å². The summed E-state index contributed by atoms with van der Waals surface area (Å²) in [6.45, 7) is 0. The van der Waals surface area contributed by atoms with E-state index >= 15 is 0 Å². The number of carbonyl (C=O) groups is 2. The van der Waals surface area contributed by atoms with Crippen molar-refractivity contribution in [3.05, 3.63) is 0 Å². The molecule has 5 nitrogen and oxygen atoms in total. The zero-order chi connectivity index (χ0) is 7.44. The fraction of sp³-hybridized carbons (Fsp3) is 0.500. The van der Waals surface area contributed by atoms with Crippen LogP contribution in [0.5, 0.6) is 0 Å². The van der Waals surface area contributed by atoms with Gasteiger partial charge in [0.15, 0.2) is 0 Å². The zero-order valence-electron chi connectivity index (χ0n) is 10.6. The molecular formula is C4H10NNa3O4. The normalized spacial score (nSPS) is 9.42. The first-order valence-corrected chi connectivity index (χ1v) is 2.24. The topological polar surface area (TPSA) is 101 Å². The molecule has 0 spiro atoms. The summed E-state index contributed by atoms with van der Waals surface area (Å²) in [5, 5.41) is 16.0. The van der Waals surface area contributed by atoms with Crippen molar-refractivity contribution in [2.24, 2.45) is 5.73 Å². The second kappa shape index (κ2) is 12.9. The number of aliphatic carboxylic acids is 2. The molecule has 0 radical (unpaired) electrons. The van der Waals surface area contributed by atoms with E-state index in [-0.39, 0.29) is 93.0 Å². The van der Waals surface area contributed by atoms with Crippen molar-refractivity contribution in [2.75, 3.05) is 0 Å². The Bertz CT molecular complexity index is 153. The third kappa shape index (κ3) is 14.4. The van der Waals surface area contributed by atoms with Gasteiger partial charge in [-0.1, -0.05) is 0 Å². The average molecular weight is 205 g/mol. The average Bonchev–Trinajstić information content (AvgIpc) is 1.63. The monoisotopic (exact) mass is 205 g/mol. The molecule has 0 heterocycles. The molecule has 0 aromatic carbocycles. The van der Waals surface area contributed by atoms with E-state index in [1.54, 1.807) is 0 Å².